The number of anilines is 1. The minimum absolute atomic E-state index is 0.394. The molecule has 100 valence electrons. The predicted octanol–water partition coefficient (Wildman–Crippen LogP) is 4.18. The van der Waals surface area contributed by atoms with Gasteiger partial charge in [0.25, 0.3) is 0 Å². The van der Waals surface area contributed by atoms with Gasteiger partial charge in [-0.2, -0.15) is 5.26 Å². The second-order valence-corrected chi connectivity index (χ2v) is 7.00. The second kappa shape index (κ2) is 4.00. The van der Waals surface area contributed by atoms with Crippen LogP contribution >= 0.6 is 0 Å². The Hall–Kier alpha value is -1.49. The molecule has 0 aromatic heterocycles. The van der Waals surface area contributed by atoms with E-state index in [-0.39, 0.29) is 0 Å². The van der Waals surface area contributed by atoms with E-state index in [0.29, 0.717) is 16.9 Å². The molecule has 0 saturated heterocycles. The maximum absolute atomic E-state index is 8.84. The molecule has 0 spiro atoms. The predicted molar refractivity (Wildman–Crippen MR) is 77.8 cm³/mol. The van der Waals surface area contributed by atoms with Crippen LogP contribution in [0.4, 0.5) is 5.69 Å². The molecule has 2 bridgehead atoms. The number of benzene rings is 1. The Balaban J connectivity index is 1.80. The van der Waals surface area contributed by atoms with Gasteiger partial charge in [-0.15, -0.1) is 0 Å². The normalized spacial score (nSPS) is 35.1. The molecule has 1 aromatic rings. The van der Waals surface area contributed by atoms with Crippen LogP contribution in [0.2, 0.25) is 0 Å². The lowest BCUT2D eigenvalue weighted by atomic mass is 9.69. The summed E-state index contributed by atoms with van der Waals surface area (Å²) in [7, 11) is 0. The molecule has 2 aliphatic carbocycles. The van der Waals surface area contributed by atoms with Gasteiger partial charge in [0.05, 0.1) is 11.6 Å². The van der Waals surface area contributed by atoms with E-state index in [1.165, 1.54) is 19.3 Å². The first-order chi connectivity index (χ1) is 8.97. The molecule has 0 heterocycles. The van der Waals surface area contributed by atoms with Gasteiger partial charge in [-0.1, -0.05) is 20.8 Å². The summed E-state index contributed by atoms with van der Waals surface area (Å²) >= 11 is 0. The standard InChI is InChI=1S/C17H22N2/c1-16(2)13-8-9-17(16,3)15(10-13)19-14-6-4-12(11-18)5-7-14/h4-7,13,15,19H,8-10H2,1-3H3. The number of nitrogens with zero attached hydrogens (tertiary/aromatic N) is 1. The second-order valence-electron chi connectivity index (χ2n) is 7.00. The summed E-state index contributed by atoms with van der Waals surface area (Å²) in [6.45, 7) is 7.32. The summed E-state index contributed by atoms with van der Waals surface area (Å²) in [6, 6.07) is 10.6. The summed E-state index contributed by atoms with van der Waals surface area (Å²) < 4.78 is 0. The minimum Gasteiger partial charge on any atom is -0.382 e. The van der Waals surface area contributed by atoms with Gasteiger partial charge in [0.1, 0.15) is 0 Å². The SMILES string of the molecule is CC1(C)C2CCC1(C)C(Nc1ccc(C#N)cc1)C2. The van der Waals surface area contributed by atoms with E-state index in [1.807, 2.05) is 24.3 Å². The van der Waals surface area contributed by atoms with E-state index in [2.05, 4.69) is 32.2 Å². The number of rotatable bonds is 2. The summed E-state index contributed by atoms with van der Waals surface area (Å²) in [4.78, 5) is 0. The summed E-state index contributed by atoms with van der Waals surface area (Å²) in [5.41, 5.74) is 2.71. The van der Waals surface area contributed by atoms with Crippen molar-refractivity contribution in [2.75, 3.05) is 5.32 Å². The fourth-order valence-electron chi connectivity index (χ4n) is 4.26. The molecule has 0 amide bonds. The van der Waals surface area contributed by atoms with Crippen molar-refractivity contribution in [3.05, 3.63) is 29.8 Å². The van der Waals surface area contributed by atoms with Crippen LogP contribution < -0.4 is 5.32 Å². The fourth-order valence-corrected chi connectivity index (χ4v) is 4.26. The maximum Gasteiger partial charge on any atom is 0.0991 e. The Labute approximate surface area is 115 Å². The van der Waals surface area contributed by atoms with E-state index >= 15 is 0 Å². The van der Waals surface area contributed by atoms with Crippen molar-refractivity contribution in [1.82, 2.24) is 0 Å². The molecule has 3 rings (SSSR count). The van der Waals surface area contributed by atoms with E-state index in [4.69, 9.17) is 5.26 Å². The zero-order chi connectivity index (χ0) is 13.7. The zero-order valence-corrected chi connectivity index (χ0v) is 12.0. The van der Waals surface area contributed by atoms with Crippen LogP contribution in [0.1, 0.15) is 45.6 Å². The molecule has 19 heavy (non-hydrogen) atoms. The molecule has 2 saturated carbocycles. The van der Waals surface area contributed by atoms with Gasteiger partial charge in [0, 0.05) is 11.7 Å². The third kappa shape index (κ3) is 1.68. The van der Waals surface area contributed by atoms with Crippen molar-refractivity contribution in [2.24, 2.45) is 16.7 Å². The first-order valence-corrected chi connectivity index (χ1v) is 7.24. The molecule has 0 radical (unpaired) electrons. The van der Waals surface area contributed by atoms with E-state index in [9.17, 15) is 0 Å². The van der Waals surface area contributed by atoms with Gasteiger partial charge in [-0.3, -0.25) is 0 Å². The van der Waals surface area contributed by atoms with Crippen molar-refractivity contribution in [2.45, 2.75) is 46.1 Å². The third-order valence-electron chi connectivity index (χ3n) is 6.15. The Morgan fingerprint density at radius 3 is 2.37 bits per heavy atom. The van der Waals surface area contributed by atoms with Crippen LogP contribution in [0.5, 0.6) is 0 Å². The van der Waals surface area contributed by atoms with Crippen molar-refractivity contribution in [3.8, 4) is 6.07 Å². The van der Waals surface area contributed by atoms with Gasteiger partial charge >= 0.3 is 0 Å². The Morgan fingerprint density at radius 2 is 1.89 bits per heavy atom. The van der Waals surface area contributed by atoms with Crippen molar-refractivity contribution in [1.29, 1.82) is 5.26 Å². The Kier molecular flexibility index (Phi) is 2.64. The summed E-state index contributed by atoms with van der Waals surface area (Å²) in [5, 5.41) is 12.5. The lowest BCUT2D eigenvalue weighted by Gasteiger charge is -2.40. The molecule has 2 fully saturated rings. The molecule has 0 aliphatic heterocycles. The molecule has 3 unspecified atom stereocenters. The smallest absolute Gasteiger partial charge is 0.0991 e. The van der Waals surface area contributed by atoms with E-state index in [1.54, 1.807) is 0 Å². The first kappa shape index (κ1) is 12.5. The van der Waals surface area contributed by atoms with Crippen molar-refractivity contribution >= 4 is 5.69 Å². The lowest BCUT2D eigenvalue weighted by molar-refractivity contribution is 0.142. The van der Waals surface area contributed by atoms with Crippen LogP contribution in [0.15, 0.2) is 24.3 Å². The molecule has 3 atom stereocenters. The topological polar surface area (TPSA) is 35.8 Å². The lowest BCUT2D eigenvalue weighted by Crippen LogP contribution is -2.40. The highest BCUT2D eigenvalue weighted by Crippen LogP contribution is 2.65. The number of nitrogens with one attached hydrogen (secondary N) is 1. The Morgan fingerprint density at radius 1 is 1.21 bits per heavy atom. The first-order valence-electron chi connectivity index (χ1n) is 7.24. The molecule has 1 aromatic carbocycles. The van der Waals surface area contributed by atoms with E-state index < -0.39 is 0 Å². The zero-order valence-electron chi connectivity index (χ0n) is 12.0. The van der Waals surface area contributed by atoms with Gasteiger partial charge in [-0.25, -0.2) is 0 Å². The van der Waals surface area contributed by atoms with Gasteiger partial charge in [0.2, 0.25) is 0 Å². The molecule has 2 nitrogen and oxygen atoms in total. The highest BCUT2D eigenvalue weighted by atomic mass is 15.0. The monoisotopic (exact) mass is 254 g/mol. The molecule has 2 heteroatoms. The van der Waals surface area contributed by atoms with Gasteiger partial charge < -0.3 is 5.32 Å². The average Bonchev–Trinajstić information content (AvgIpc) is 2.73. The van der Waals surface area contributed by atoms with Crippen LogP contribution in [-0.2, 0) is 0 Å². The summed E-state index contributed by atoms with van der Waals surface area (Å²) in [6.07, 6.45) is 4.00. The largest absolute Gasteiger partial charge is 0.382 e. The van der Waals surface area contributed by atoms with E-state index in [0.717, 1.165) is 17.2 Å². The molecular weight excluding hydrogens is 232 g/mol. The van der Waals surface area contributed by atoms with Crippen LogP contribution in [0.3, 0.4) is 0 Å². The van der Waals surface area contributed by atoms with Gasteiger partial charge in [0.15, 0.2) is 0 Å². The van der Waals surface area contributed by atoms with Gasteiger partial charge in [-0.05, 0) is 60.3 Å². The number of nitriles is 1. The van der Waals surface area contributed by atoms with Crippen molar-refractivity contribution in [3.63, 3.8) is 0 Å². The average molecular weight is 254 g/mol. The number of fused-ring (bicyclic) bond motifs is 2. The minimum atomic E-state index is 0.394. The highest BCUT2D eigenvalue weighted by molar-refractivity contribution is 5.48. The highest BCUT2D eigenvalue weighted by Gasteiger charge is 2.61. The molecular formula is C17H22N2. The van der Waals surface area contributed by atoms with Crippen LogP contribution in [0, 0.1) is 28.1 Å². The van der Waals surface area contributed by atoms with Crippen molar-refractivity contribution < 1.29 is 0 Å². The maximum atomic E-state index is 8.84. The summed E-state index contributed by atoms with van der Waals surface area (Å²) in [5.74, 6) is 0.855. The quantitative estimate of drug-likeness (QED) is 0.859. The fraction of sp³-hybridized carbons (Fsp3) is 0.588. The number of hydrogen-bond acceptors (Lipinski definition) is 2. The number of hydrogen-bond donors (Lipinski definition) is 1. The molecule has 2 aliphatic rings. The molecule has 1 N–H and O–H groups in total. The Bertz CT molecular complexity index is 523. The van der Waals surface area contributed by atoms with Crippen LogP contribution in [0.25, 0.3) is 0 Å². The van der Waals surface area contributed by atoms with Crippen LogP contribution in [-0.4, -0.2) is 6.04 Å². The third-order valence-corrected chi connectivity index (χ3v) is 6.15.